The number of hydrogen-bond acceptors (Lipinski definition) is 13. The summed E-state index contributed by atoms with van der Waals surface area (Å²) in [4.78, 5) is 56.8. The average Bonchev–Trinajstić information content (AvgIpc) is 4.03. The zero-order chi connectivity index (χ0) is 54.7. The number of benzene rings is 5. The van der Waals surface area contributed by atoms with Gasteiger partial charge in [0, 0.05) is 43.0 Å². The Kier molecular flexibility index (Phi) is 16.2. The monoisotopic (exact) mass is 1080 g/mol. The standard InChI is InChI=1S/C58H65N4O13PSi/c1-38-34-61(55(65)59-53(38)63)51-32-47(49(72-51)36-70-58(40-18-12-9-13-19-40,41-24-28-43(68-6)29-25-41)42-26-30-44(69-7)31-27-42)74-76(8,67)71-37-50-48(33-52(73-50)62-35-39(2)54(64)60-56(62)66)75-77(57(3,4)5,45-20-14-10-15-21-45)46-22-16-11-17-23-46/h9-31,34-35,47-52H,32-33,36-37H2,1-8H3,(H,59,63,65)(H,60,64,66)/t47-,48-,49+,50+,51+,52+,76?/m0/s1. The zero-order valence-corrected chi connectivity index (χ0v) is 46.3. The summed E-state index contributed by atoms with van der Waals surface area (Å²) < 4.78 is 70.0. The second-order valence-electron chi connectivity index (χ2n) is 20.5. The first-order valence-electron chi connectivity index (χ1n) is 25.5. The summed E-state index contributed by atoms with van der Waals surface area (Å²) >= 11 is 0. The molecule has 0 radical (unpaired) electrons. The molecule has 2 aliphatic heterocycles. The van der Waals surface area contributed by atoms with Crippen molar-refractivity contribution in [1.29, 1.82) is 0 Å². The van der Waals surface area contributed by atoms with Gasteiger partial charge < -0.3 is 37.2 Å². The highest BCUT2D eigenvalue weighted by Gasteiger charge is 2.54. The fourth-order valence-corrected chi connectivity index (χ4v) is 16.5. The third-order valence-corrected chi connectivity index (χ3v) is 20.8. The summed E-state index contributed by atoms with van der Waals surface area (Å²) in [5, 5.41) is 1.58. The Bertz CT molecular complexity index is 3350. The van der Waals surface area contributed by atoms with Crippen LogP contribution in [-0.2, 0) is 37.9 Å². The molecule has 5 aromatic carbocycles. The van der Waals surface area contributed by atoms with Crippen molar-refractivity contribution >= 4 is 26.3 Å². The molecule has 0 saturated carbocycles. The molecule has 77 heavy (non-hydrogen) atoms. The Morgan fingerprint density at radius 1 is 0.597 bits per heavy atom. The first kappa shape index (κ1) is 55.0. The van der Waals surface area contributed by atoms with Gasteiger partial charge in [0.25, 0.3) is 19.4 Å². The van der Waals surface area contributed by atoms with E-state index in [1.54, 1.807) is 28.1 Å². The molecule has 2 fully saturated rings. The van der Waals surface area contributed by atoms with Crippen LogP contribution in [0, 0.1) is 13.8 Å². The van der Waals surface area contributed by atoms with Crippen LogP contribution in [0.5, 0.6) is 11.5 Å². The number of aromatic nitrogens is 4. The smallest absolute Gasteiger partial charge is 0.330 e. The number of nitrogens with one attached hydrogen (secondary N) is 2. The maximum absolute atomic E-state index is 15.1. The highest BCUT2D eigenvalue weighted by atomic mass is 31.2. The lowest BCUT2D eigenvalue weighted by atomic mass is 9.80. The maximum Gasteiger partial charge on any atom is 0.330 e. The lowest BCUT2D eigenvalue weighted by Crippen LogP contribution is -2.68. The molecule has 7 aromatic rings. The van der Waals surface area contributed by atoms with E-state index < -0.39 is 85.9 Å². The van der Waals surface area contributed by atoms with Crippen LogP contribution >= 0.6 is 7.60 Å². The third-order valence-electron chi connectivity index (χ3n) is 14.5. The van der Waals surface area contributed by atoms with Gasteiger partial charge >= 0.3 is 19.0 Å². The minimum atomic E-state index is -4.13. The lowest BCUT2D eigenvalue weighted by molar-refractivity contribution is -0.0932. The largest absolute Gasteiger partial charge is 0.497 e. The summed E-state index contributed by atoms with van der Waals surface area (Å²) in [5.41, 5.74) is -0.813. The molecule has 0 spiro atoms. The van der Waals surface area contributed by atoms with Crippen LogP contribution < -0.4 is 42.3 Å². The van der Waals surface area contributed by atoms with Gasteiger partial charge in [-0.05, 0) is 70.2 Å². The van der Waals surface area contributed by atoms with Crippen LogP contribution in [0.25, 0.3) is 0 Å². The summed E-state index contributed by atoms with van der Waals surface area (Å²) in [6.07, 6.45) is -2.47. The topological polar surface area (TPSA) is 201 Å². The van der Waals surface area contributed by atoms with Crippen LogP contribution in [0.4, 0.5) is 0 Å². The molecule has 9 rings (SSSR count). The van der Waals surface area contributed by atoms with Crippen LogP contribution in [0.15, 0.2) is 171 Å². The van der Waals surface area contributed by atoms with Crippen molar-refractivity contribution in [3.8, 4) is 11.5 Å². The first-order valence-corrected chi connectivity index (χ1v) is 29.4. The van der Waals surface area contributed by atoms with Crippen LogP contribution in [0.1, 0.15) is 73.9 Å². The fraction of sp³-hybridized carbons (Fsp3) is 0.345. The number of aryl methyl sites for hydroxylation is 2. The molecule has 404 valence electrons. The number of H-pyrrole nitrogens is 2. The molecule has 17 nitrogen and oxygen atoms in total. The van der Waals surface area contributed by atoms with E-state index in [2.05, 4.69) is 55.0 Å². The number of ether oxygens (including phenoxy) is 5. The predicted octanol–water partition coefficient (Wildman–Crippen LogP) is 7.47. The predicted molar refractivity (Wildman–Crippen MR) is 294 cm³/mol. The van der Waals surface area contributed by atoms with Gasteiger partial charge in [-0.25, -0.2) is 9.59 Å². The van der Waals surface area contributed by atoms with Crippen molar-refractivity contribution in [2.45, 2.75) is 95.0 Å². The maximum atomic E-state index is 15.1. The van der Waals surface area contributed by atoms with Gasteiger partial charge in [0.15, 0.2) is 0 Å². The van der Waals surface area contributed by atoms with Crippen molar-refractivity contribution < 1.29 is 41.7 Å². The number of rotatable bonds is 19. The number of nitrogens with zero attached hydrogens (tertiary/aromatic N) is 2. The highest BCUT2D eigenvalue weighted by molar-refractivity contribution is 7.53. The van der Waals surface area contributed by atoms with E-state index in [0.29, 0.717) is 17.1 Å². The normalized spacial score (nSPS) is 20.7. The van der Waals surface area contributed by atoms with Crippen molar-refractivity contribution in [1.82, 2.24) is 19.1 Å². The molecule has 0 bridgehead atoms. The van der Waals surface area contributed by atoms with E-state index in [1.807, 2.05) is 115 Å². The Hall–Kier alpha value is -6.73. The minimum Gasteiger partial charge on any atom is -0.497 e. The molecule has 4 heterocycles. The van der Waals surface area contributed by atoms with E-state index >= 15 is 4.57 Å². The first-order chi connectivity index (χ1) is 36.8. The van der Waals surface area contributed by atoms with Crippen molar-refractivity contribution in [2.75, 3.05) is 34.1 Å². The van der Waals surface area contributed by atoms with E-state index in [0.717, 1.165) is 27.1 Å². The van der Waals surface area contributed by atoms with E-state index in [4.69, 9.17) is 37.2 Å². The number of methoxy groups -OCH3 is 2. The molecule has 0 amide bonds. The third kappa shape index (κ3) is 11.3. The summed E-state index contributed by atoms with van der Waals surface area (Å²) in [6.45, 7) is 10.5. The molecule has 0 aliphatic carbocycles. The van der Waals surface area contributed by atoms with E-state index in [9.17, 15) is 19.2 Å². The Morgan fingerprint density at radius 3 is 1.45 bits per heavy atom. The number of aromatic amines is 2. The second kappa shape index (κ2) is 22.7. The minimum absolute atomic E-state index is 0.0000854. The Morgan fingerprint density at radius 2 is 1.01 bits per heavy atom. The average molecular weight is 1090 g/mol. The van der Waals surface area contributed by atoms with Gasteiger partial charge in [-0.2, -0.15) is 0 Å². The highest BCUT2D eigenvalue weighted by Crippen LogP contribution is 2.51. The van der Waals surface area contributed by atoms with Gasteiger partial charge in [-0.15, -0.1) is 0 Å². The van der Waals surface area contributed by atoms with Gasteiger partial charge in [-0.3, -0.25) is 33.3 Å². The molecule has 2 N–H and O–H groups in total. The fourth-order valence-electron chi connectivity index (χ4n) is 10.6. The summed E-state index contributed by atoms with van der Waals surface area (Å²) in [5.74, 6) is 1.28. The quantitative estimate of drug-likeness (QED) is 0.0460. The lowest BCUT2D eigenvalue weighted by Gasteiger charge is -2.45. The van der Waals surface area contributed by atoms with Crippen LogP contribution in [0.3, 0.4) is 0 Å². The van der Waals surface area contributed by atoms with Crippen LogP contribution in [-0.4, -0.2) is 85.9 Å². The Labute approximate surface area is 447 Å². The van der Waals surface area contributed by atoms with Gasteiger partial charge in [0.1, 0.15) is 41.8 Å². The Balaban J connectivity index is 1.06. The zero-order valence-electron chi connectivity index (χ0n) is 44.4. The molecular weight excluding hydrogens is 1020 g/mol. The van der Waals surface area contributed by atoms with E-state index in [1.165, 1.54) is 28.2 Å². The summed E-state index contributed by atoms with van der Waals surface area (Å²) in [6, 6.07) is 45.0. The van der Waals surface area contributed by atoms with Crippen molar-refractivity contribution in [3.63, 3.8) is 0 Å². The summed E-state index contributed by atoms with van der Waals surface area (Å²) in [7, 11) is -4.21. The van der Waals surface area contributed by atoms with Crippen molar-refractivity contribution in [2.24, 2.45) is 0 Å². The molecule has 1 unspecified atom stereocenters. The molecule has 2 saturated heterocycles. The van der Waals surface area contributed by atoms with Gasteiger partial charge in [0.05, 0.1) is 39.6 Å². The molecule has 2 aliphatic rings. The van der Waals surface area contributed by atoms with Crippen molar-refractivity contribution in [3.05, 3.63) is 221 Å². The molecular formula is C58H65N4O13PSi. The molecule has 7 atom stereocenters. The van der Waals surface area contributed by atoms with Crippen LogP contribution in [0.2, 0.25) is 5.04 Å². The molecule has 19 heteroatoms. The van der Waals surface area contributed by atoms with E-state index in [-0.39, 0.29) is 31.6 Å². The second-order valence-corrected chi connectivity index (χ2v) is 26.8. The van der Waals surface area contributed by atoms with Gasteiger partial charge in [-0.1, -0.05) is 136 Å². The SMILES string of the molecule is COc1ccc(C(OC[C@H]2O[C@@H](n3cc(C)c(=O)[nH]c3=O)C[C@@H]2OP(C)(=O)OC[C@H]2O[C@@H](n3cc(C)c(=O)[nH]c3=O)C[C@@H]2O[Si](c2ccccc2)(c2ccccc2)C(C)(C)C)(c2ccccc2)c2ccc(OC)cc2)cc1. The van der Waals surface area contributed by atoms with Gasteiger partial charge in [0.2, 0.25) is 0 Å². The number of hydrogen-bond donors (Lipinski definition) is 2. The molecule has 2 aromatic heterocycles.